The summed E-state index contributed by atoms with van der Waals surface area (Å²) in [6.45, 7) is 0. The van der Waals surface area contributed by atoms with Gasteiger partial charge in [-0.05, 0) is 48.5 Å². The van der Waals surface area contributed by atoms with Gasteiger partial charge < -0.3 is 4.74 Å². The summed E-state index contributed by atoms with van der Waals surface area (Å²) < 4.78 is 21.1. The first kappa shape index (κ1) is 18.9. The molecule has 9 heteroatoms. The third kappa shape index (κ3) is 3.77. The van der Waals surface area contributed by atoms with Crippen LogP contribution in [0.2, 0.25) is 0 Å². The molecule has 0 saturated heterocycles. The minimum atomic E-state index is -0.397. The summed E-state index contributed by atoms with van der Waals surface area (Å²) in [5.74, 6) is 0.215. The Morgan fingerprint density at radius 2 is 1.79 bits per heavy atom. The number of ether oxygens (including phenoxy) is 1. The van der Waals surface area contributed by atoms with Crippen LogP contribution in [0.5, 0.6) is 5.75 Å². The fraction of sp³-hybridized carbons (Fsp3) is 0.100. The van der Waals surface area contributed by atoms with Gasteiger partial charge in [0.1, 0.15) is 11.6 Å². The molecule has 0 spiro atoms. The van der Waals surface area contributed by atoms with Crippen molar-refractivity contribution >= 4 is 23.2 Å². The fourth-order valence-corrected chi connectivity index (χ4v) is 3.57. The predicted octanol–water partition coefficient (Wildman–Crippen LogP) is 3.00. The Morgan fingerprint density at radius 3 is 2.48 bits per heavy atom. The summed E-state index contributed by atoms with van der Waals surface area (Å²) in [5, 5.41) is 8.43. The van der Waals surface area contributed by atoms with Crippen molar-refractivity contribution in [2.24, 2.45) is 0 Å². The summed E-state index contributed by atoms with van der Waals surface area (Å²) in [4.78, 5) is 25.1. The molecule has 0 fully saturated rings. The van der Waals surface area contributed by atoms with Crippen LogP contribution in [0.15, 0.2) is 70.9 Å². The summed E-state index contributed by atoms with van der Waals surface area (Å²) in [7, 11) is 1.57. The third-order valence-electron chi connectivity index (χ3n) is 4.29. The molecule has 0 unspecified atom stereocenters. The molecule has 0 N–H and O–H groups in total. The first-order valence-corrected chi connectivity index (χ1v) is 9.58. The summed E-state index contributed by atoms with van der Waals surface area (Å²) >= 11 is 1.16. The summed E-state index contributed by atoms with van der Waals surface area (Å²) in [6, 6.07) is 12.4. The van der Waals surface area contributed by atoms with E-state index in [2.05, 4.69) is 10.2 Å². The molecule has 0 bridgehead atoms. The Labute approximate surface area is 168 Å². The molecule has 146 valence electrons. The fourth-order valence-electron chi connectivity index (χ4n) is 2.76. The van der Waals surface area contributed by atoms with E-state index in [9.17, 15) is 14.0 Å². The second-order valence-corrected chi connectivity index (χ2v) is 7.01. The maximum absolute atomic E-state index is 13.0. The lowest BCUT2D eigenvalue weighted by Gasteiger charge is -2.07. The van der Waals surface area contributed by atoms with Gasteiger partial charge >= 0.3 is 5.56 Å². The molecule has 2 aromatic heterocycles. The molecule has 0 aliphatic heterocycles. The number of fused-ring (bicyclic) bond motifs is 1. The number of thioether (sulfide) groups is 1. The van der Waals surface area contributed by atoms with Gasteiger partial charge in [0, 0.05) is 23.6 Å². The molecule has 2 aromatic carbocycles. The first-order chi connectivity index (χ1) is 14.1. The molecule has 4 rings (SSSR count). The number of Topliss-reactive ketones (excluding diaryl/α,β-unsaturated/α-hetero) is 1. The van der Waals surface area contributed by atoms with Gasteiger partial charge in [0.25, 0.3) is 0 Å². The normalized spacial score (nSPS) is 11.0. The van der Waals surface area contributed by atoms with E-state index in [0.29, 0.717) is 22.2 Å². The van der Waals surface area contributed by atoms with E-state index in [1.165, 1.54) is 28.8 Å². The highest BCUT2D eigenvalue weighted by Gasteiger charge is 2.14. The Bertz CT molecular complexity index is 1230. The molecule has 0 aliphatic rings. The van der Waals surface area contributed by atoms with Gasteiger partial charge in [0.2, 0.25) is 5.65 Å². The number of carbonyl (C=O) groups excluding carboxylic acids is 1. The van der Waals surface area contributed by atoms with E-state index in [4.69, 9.17) is 4.74 Å². The standard InChI is InChI=1S/C20H15FN4O3S/c1-28-16-8-6-15(7-9-16)24-10-11-25-18(19(24)27)22-23-20(25)29-12-17(26)13-2-4-14(21)5-3-13/h2-11H,12H2,1H3. The Balaban J connectivity index is 1.57. The van der Waals surface area contributed by atoms with Crippen LogP contribution in [-0.4, -0.2) is 37.8 Å². The number of nitrogens with zero attached hydrogens (tertiary/aromatic N) is 4. The number of aromatic nitrogens is 4. The zero-order valence-corrected chi connectivity index (χ0v) is 16.1. The van der Waals surface area contributed by atoms with Crippen LogP contribution in [0, 0.1) is 5.82 Å². The molecule has 0 atom stereocenters. The van der Waals surface area contributed by atoms with Crippen molar-refractivity contribution in [1.82, 2.24) is 19.2 Å². The maximum Gasteiger partial charge on any atom is 0.300 e. The molecular weight excluding hydrogens is 395 g/mol. The van der Waals surface area contributed by atoms with Gasteiger partial charge in [-0.25, -0.2) is 4.39 Å². The Morgan fingerprint density at radius 1 is 1.07 bits per heavy atom. The van der Waals surface area contributed by atoms with Gasteiger partial charge in [0.05, 0.1) is 12.9 Å². The van der Waals surface area contributed by atoms with E-state index in [0.717, 1.165) is 11.8 Å². The average Bonchev–Trinajstić information content (AvgIpc) is 3.17. The molecule has 0 saturated carbocycles. The number of hydrogen-bond acceptors (Lipinski definition) is 6. The van der Waals surface area contributed by atoms with Crippen LogP contribution in [-0.2, 0) is 0 Å². The van der Waals surface area contributed by atoms with Crippen LogP contribution >= 0.6 is 11.8 Å². The highest BCUT2D eigenvalue weighted by molar-refractivity contribution is 7.99. The summed E-state index contributed by atoms with van der Waals surface area (Å²) in [6.07, 6.45) is 3.29. The van der Waals surface area contributed by atoms with Gasteiger partial charge in [-0.2, -0.15) is 0 Å². The lowest BCUT2D eigenvalue weighted by molar-refractivity contribution is 0.102. The molecule has 7 nitrogen and oxygen atoms in total. The van der Waals surface area contributed by atoms with E-state index in [1.54, 1.807) is 48.2 Å². The van der Waals surface area contributed by atoms with Gasteiger partial charge in [0.15, 0.2) is 10.9 Å². The summed E-state index contributed by atoms with van der Waals surface area (Å²) in [5.41, 5.74) is 0.901. The SMILES string of the molecule is COc1ccc(-n2ccn3c(SCC(=O)c4ccc(F)cc4)nnc3c2=O)cc1. The highest BCUT2D eigenvalue weighted by Crippen LogP contribution is 2.19. The molecule has 0 radical (unpaired) electrons. The zero-order valence-electron chi connectivity index (χ0n) is 15.3. The average molecular weight is 410 g/mol. The van der Waals surface area contributed by atoms with Crippen molar-refractivity contribution in [3.8, 4) is 11.4 Å². The van der Waals surface area contributed by atoms with Gasteiger partial charge in [-0.3, -0.25) is 18.6 Å². The van der Waals surface area contributed by atoms with Crippen LogP contribution < -0.4 is 10.3 Å². The van der Waals surface area contributed by atoms with Crippen molar-refractivity contribution in [2.75, 3.05) is 12.9 Å². The van der Waals surface area contributed by atoms with E-state index in [1.807, 2.05) is 0 Å². The minimum absolute atomic E-state index is 0.0913. The lowest BCUT2D eigenvalue weighted by Crippen LogP contribution is -2.20. The minimum Gasteiger partial charge on any atom is -0.497 e. The van der Waals surface area contributed by atoms with E-state index < -0.39 is 5.82 Å². The Hall–Kier alpha value is -3.46. The van der Waals surface area contributed by atoms with Crippen LogP contribution in [0.25, 0.3) is 11.3 Å². The first-order valence-electron chi connectivity index (χ1n) is 8.59. The van der Waals surface area contributed by atoms with Crippen molar-refractivity contribution in [2.45, 2.75) is 5.16 Å². The predicted molar refractivity (Wildman–Crippen MR) is 107 cm³/mol. The topological polar surface area (TPSA) is 78.5 Å². The second-order valence-electron chi connectivity index (χ2n) is 6.07. The van der Waals surface area contributed by atoms with Crippen molar-refractivity contribution < 1.29 is 13.9 Å². The zero-order chi connectivity index (χ0) is 20.4. The molecule has 2 heterocycles. The molecule has 0 amide bonds. The third-order valence-corrected chi connectivity index (χ3v) is 5.23. The van der Waals surface area contributed by atoms with E-state index >= 15 is 0 Å². The maximum atomic E-state index is 13.0. The number of carbonyl (C=O) groups is 1. The molecule has 0 aliphatic carbocycles. The Kier molecular flexibility index (Phi) is 5.13. The molecular formula is C20H15FN4O3S. The van der Waals surface area contributed by atoms with Crippen molar-refractivity contribution in [3.05, 3.63) is 82.7 Å². The van der Waals surface area contributed by atoms with Crippen LogP contribution in [0.3, 0.4) is 0 Å². The highest BCUT2D eigenvalue weighted by atomic mass is 32.2. The van der Waals surface area contributed by atoms with Crippen molar-refractivity contribution in [1.29, 1.82) is 0 Å². The number of benzene rings is 2. The van der Waals surface area contributed by atoms with E-state index in [-0.39, 0.29) is 22.7 Å². The number of hydrogen-bond donors (Lipinski definition) is 0. The molecule has 29 heavy (non-hydrogen) atoms. The number of rotatable bonds is 6. The van der Waals surface area contributed by atoms with Gasteiger partial charge in [-0.15, -0.1) is 10.2 Å². The van der Waals surface area contributed by atoms with Crippen LogP contribution in [0.4, 0.5) is 4.39 Å². The van der Waals surface area contributed by atoms with Gasteiger partial charge in [-0.1, -0.05) is 11.8 Å². The number of ketones is 1. The quantitative estimate of drug-likeness (QED) is 0.359. The number of methoxy groups -OCH3 is 1. The number of halogens is 1. The monoisotopic (exact) mass is 410 g/mol. The molecule has 4 aromatic rings. The largest absolute Gasteiger partial charge is 0.497 e. The smallest absolute Gasteiger partial charge is 0.300 e. The van der Waals surface area contributed by atoms with Crippen LogP contribution in [0.1, 0.15) is 10.4 Å². The lowest BCUT2D eigenvalue weighted by atomic mass is 10.1. The van der Waals surface area contributed by atoms with Crippen molar-refractivity contribution in [3.63, 3.8) is 0 Å². The second kappa shape index (κ2) is 7.88.